The lowest BCUT2D eigenvalue weighted by Gasteiger charge is -2.42. The smallest absolute Gasteiger partial charge is 0.222 e. The molecule has 23 heavy (non-hydrogen) atoms. The van der Waals surface area contributed by atoms with Crippen LogP contribution < -0.4 is 0 Å². The van der Waals surface area contributed by atoms with Gasteiger partial charge in [0.15, 0.2) is 0 Å². The van der Waals surface area contributed by atoms with E-state index in [-0.39, 0.29) is 23.7 Å². The average Bonchev–Trinajstić information content (AvgIpc) is 3.11. The molecule has 0 aromatic carbocycles. The molecule has 1 saturated heterocycles. The van der Waals surface area contributed by atoms with Gasteiger partial charge in [-0.1, -0.05) is 0 Å². The molecule has 0 spiro atoms. The number of imidazole rings is 1. The van der Waals surface area contributed by atoms with Gasteiger partial charge in [-0.2, -0.15) is 0 Å². The van der Waals surface area contributed by atoms with Crippen LogP contribution in [0.5, 0.6) is 0 Å². The zero-order chi connectivity index (χ0) is 16.4. The molecule has 2 fully saturated rings. The highest BCUT2D eigenvalue weighted by Gasteiger charge is 2.52. The Labute approximate surface area is 137 Å². The molecule has 6 nitrogen and oxygen atoms in total. The molecule has 3 atom stereocenters. The molecule has 1 aliphatic heterocycles. The largest absolute Gasteiger partial charge is 0.393 e. The van der Waals surface area contributed by atoms with Crippen molar-refractivity contribution in [3.05, 3.63) is 18.2 Å². The lowest BCUT2D eigenvalue weighted by atomic mass is 9.79. The van der Waals surface area contributed by atoms with E-state index in [1.807, 2.05) is 18.0 Å². The van der Waals surface area contributed by atoms with Gasteiger partial charge in [0, 0.05) is 39.0 Å². The molecule has 0 unspecified atom stereocenters. The quantitative estimate of drug-likeness (QED) is 0.892. The van der Waals surface area contributed by atoms with E-state index in [1.165, 1.54) is 0 Å². The minimum Gasteiger partial charge on any atom is -0.393 e. The first kappa shape index (κ1) is 16.5. The van der Waals surface area contributed by atoms with E-state index in [0.29, 0.717) is 12.8 Å². The second-order valence-electron chi connectivity index (χ2n) is 6.82. The van der Waals surface area contributed by atoms with Crippen molar-refractivity contribution in [1.82, 2.24) is 14.5 Å². The summed E-state index contributed by atoms with van der Waals surface area (Å²) in [6, 6.07) is 0.0266. The number of hydrogen-bond acceptors (Lipinski definition) is 4. The van der Waals surface area contributed by atoms with Gasteiger partial charge in [-0.25, -0.2) is 4.98 Å². The molecule has 0 radical (unpaired) electrons. The van der Waals surface area contributed by atoms with Crippen LogP contribution in [0.15, 0.2) is 12.4 Å². The van der Waals surface area contributed by atoms with Crippen molar-refractivity contribution in [2.24, 2.45) is 0 Å². The lowest BCUT2D eigenvalue weighted by molar-refractivity contribution is -0.140. The van der Waals surface area contributed by atoms with Crippen LogP contribution in [0.25, 0.3) is 0 Å². The Morgan fingerprint density at radius 3 is 3.04 bits per heavy atom. The third kappa shape index (κ3) is 3.15. The van der Waals surface area contributed by atoms with E-state index in [1.54, 1.807) is 13.3 Å². The number of likely N-dealkylation sites (tertiary alicyclic amines) is 1. The number of carbonyl (C=O) groups is 1. The number of aromatic nitrogens is 2. The minimum absolute atomic E-state index is 0.0266. The number of nitrogens with zero attached hydrogens (tertiary/aromatic N) is 3. The van der Waals surface area contributed by atoms with E-state index < -0.39 is 0 Å². The number of amides is 1. The molecular formula is C17H27N3O3. The number of fused-ring (bicyclic) bond motifs is 1. The van der Waals surface area contributed by atoms with Crippen LogP contribution in [-0.4, -0.2) is 56.9 Å². The Hall–Kier alpha value is -1.40. The number of rotatable bonds is 5. The highest BCUT2D eigenvalue weighted by atomic mass is 16.5. The molecule has 1 aromatic rings. The maximum Gasteiger partial charge on any atom is 0.222 e. The van der Waals surface area contributed by atoms with Crippen molar-refractivity contribution in [3.63, 3.8) is 0 Å². The monoisotopic (exact) mass is 321 g/mol. The fourth-order valence-electron chi connectivity index (χ4n) is 4.16. The fraction of sp³-hybridized carbons (Fsp3) is 0.765. The maximum absolute atomic E-state index is 12.6. The van der Waals surface area contributed by atoms with E-state index in [2.05, 4.69) is 9.55 Å². The third-order valence-electron chi connectivity index (χ3n) is 5.60. The summed E-state index contributed by atoms with van der Waals surface area (Å²) < 4.78 is 7.86. The molecule has 2 aliphatic rings. The summed E-state index contributed by atoms with van der Waals surface area (Å²) in [6.45, 7) is 3.53. The number of methoxy groups -OCH3 is 1. The Bertz CT molecular complexity index is 559. The Kier molecular flexibility index (Phi) is 4.73. The number of aliphatic hydroxyl groups is 1. The van der Waals surface area contributed by atoms with Gasteiger partial charge in [0.1, 0.15) is 5.82 Å². The van der Waals surface area contributed by atoms with Crippen molar-refractivity contribution in [3.8, 4) is 0 Å². The maximum atomic E-state index is 12.6. The summed E-state index contributed by atoms with van der Waals surface area (Å²) >= 11 is 0. The molecule has 1 aliphatic carbocycles. The summed E-state index contributed by atoms with van der Waals surface area (Å²) in [7, 11) is 1.74. The van der Waals surface area contributed by atoms with Gasteiger partial charge in [-0.05, 0) is 39.0 Å². The number of ether oxygens (including phenoxy) is 1. The zero-order valence-corrected chi connectivity index (χ0v) is 14.1. The van der Waals surface area contributed by atoms with Gasteiger partial charge in [-0.15, -0.1) is 0 Å². The van der Waals surface area contributed by atoms with Crippen molar-refractivity contribution in [1.29, 1.82) is 0 Å². The van der Waals surface area contributed by atoms with E-state index in [4.69, 9.17) is 4.74 Å². The SMILES string of the molecule is CO[C@@]12CC[C@H](O)C[C@@H]1N(C(=O)CCCn1ccnc1C)CC2. The fourth-order valence-corrected chi connectivity index (χ4v) is 4.16. The zero-order valence-electron chi connectivity index (χ0n) is 14.1. The summed E-state index contributed by atoms with van der Waals surface area (Å²) in [6.07, 6.45) is 7.89. The van der Waals surface area contributed by atoms with Crippen LogP contribution in [0, 0.1) is 6.92 Å². The molecule has 2 heterocycles. The van der Waals surface area contributed by atoms with E-state index in [0.717, 1.165) is 44.6 Å². The van der Waals surface area contributed by atoms with Crippen LogP contribution in [0.4, 0.5) is 0 Å². The summed E-state index contributed by atoms with van der Waals surface area (Å²) in [5.41, 5.74) is -0.240. The van der Waals surface area contributed by atoms with Crippen molar-refractivity contribution < 1.29 is 14.6 Å². The van der Waals surface area contributed by atoms with Gasteiger partial charge >= 0.3 is 0 Å². The Morgan fingerprint density at radius 1 is 1.52 bits per heavy atom. The van der Waals surface area contributed by atoms with Crippen LogP contribution in [0.3, 0.4) is 0 Å². The molecule has 1 aromatic heterocycles. The molecule has 3 rings (SSSR count). The van der Waals surface area contributed by atoms with Crippen LogP contribution >= 0.6 is 0 Å². The van der Waals surface area contributed by atoms with Gasteiger partial charge in [0.2, 0.25) is 5.91 Å². The predicted octanol–water partition coefficient (Wildman–Crippen LogP) is 1.50. The van der Waals surface area contributed by atoms with Crippen LogP contribution in [0.1, 0.15) is 44.3 Å². The minimum atomic E-state index is -0.315. The van der Waals surface area contributed by atoms with Gasteiger partial charge in [0.05, 0.1) is 17.7 Å². The standard InChI is InChI=1S/C17H27N3O3/c1-13-18-8-11-19(13)9-3-4-16(22)20-10-7-17(23-2)6-5-14(21)12-15(17)20/h8,11,14-15,21H,3-7,9-10,12H2,1-2H3/t14-,15-,17+/m0/s1. The van der Waals surface area contributed by atoms with Crippen LogP contribution in [0.2, 0.25) is 0 Å². The molecule has 1 N–H and O–H groups in total. The van der Waals surface area contributed by atoms with Gasteiger partial charge in [0.25, 0.3) is 0 Å². The normalized spacial score (nSPS) is 30.5. The number of carbonyl (C=O) groups excluding carboxylic acids is 1. The first-order valence-corrected chi connectivity index (χ1v) is 8.56. The molecule has 128 valence electrons. The third-order valence-corrected chi connectivity index (χ3v) is 5.60. The van der Waals surface area contributed by atoms with Crippen molar-refractivity contribution >= 4 is 5.91 Å². The summed E-state index contributed by atoms with van der Waals surface area (Å²) in [4.78, 5) is 18.8. The number of aliphatic hydroxyl groups excluding tert-OH is 1. The molecule has 1 amide bonds. The van der Waals surface area contributed by atoms with Gasteiger partial charge < -0.3 is 19.3 Å². The highest BCUT2D eigenvalue weighted by Crippen LogP contribution is 2.42. The summed E-state index contributed by atoms with van der Waals surface area (Å²) in [5, 5.41) is 9.99. The van der Waals surface area contributed by atoms with E-state index in [9.17, 15) is 9.90 Å². The number of aryl methyl sites for hydroxylation is 2. The Balaban J connectivity index is 1.58. The highest BCUT2D eigenvalue weighted by molar-refractivity contribution is 5.77. The lowest BCUT2D eigenvalue weighted by Crippen LogP contribution is -2.52. The molecule has 1 saturated carbocycles. The molecule has 0 bridgehead atoms. The van der Waals surface area contributed by atoms with Crippen LogP contribution in [-0.2, 0) is 16.1 Å². The van der Waals surface area contributed by atoms with Gasteiger partial charge in [-0.3, -0.25) is 4.79 Å². The second-order valence-corrected chi connectivity index (χ2v) is 6.82. The average molecular weight is 321 g/mol. The van der Waals surface area contributed by atoms with Crippen molar-refractivity contribution in [2.45, 2.75) is 69.7 Å². The van der Waals surface area contributed by atoms with Crippen molar-refractivity contribution in [2.75, 3.05) is 13.7 Å². The van der Waals surface area contributed by atoms with E-state index >= 15 is 0 Å². The first-order chi connectivity index (χ1) is 11.1. The molecule has 6 heteroatoms. The topological polar surface area (TPSA) is 67.6 Å². The molecular weight excluding hydrogens is 294 g/mol. The second kappa shape index (κ2) is 6.61. The Morgan fingerprint density at radius 2 is 2.35 bits per heavy atom. The first-order valence-electron chi connectivity index (χ1n) is 8.56. The summed E-state index contributed by atoms with van der Waals surface area (Å²) in [5.74, 6) is 1.16. The predicted molar refractivity (Wildman–Crippen MR) is 85.9 cm³/mol. The number of hydrogen-bond donors (Lipinski definition) is 1.